The van der Waals surface area contributed by atoms with E-state index >= 15 is 0 Å². The molecule has 4 nitrogen and oxygen atoms in total. The molecular formula is C14H15BrN2O2S. The van der Waals surface area contributed by atoms with Gasteiger partial charge in [-0.2, -0.15) is 0 Å². The minimum absolute atomic E-state index is 0.389. The van der Waals surface area contributed by atoms with E-state index in [0.29, 0.717) is 17.8 Å². The number of carbonyl (C=O) groups excluding carboxylic acids is 1. The van der Waals surface area contributed by atoms with Gasteiger partial charge in [-0.15, -0.1) is 11.3 Å². The van der Waals surface area contributed by atoms with E-state index in [1.54, 1.807) is 17.4 Å². The van der Waals surface area contributed by atoms with E-state index in [4.69, 9.17) is 10.5 Å². The fourth-order valence-electron chi connectivity index (χ4n) is 1.81. The van der Waals surface area contributed by atoms with Crippen LogP contribution in [0.4, 0.5) is 11.4 Å². The van der Waals surface area contributed by atoms with Crippen LogP contribution in [0.25, 0.3) is 0 Å². The first kappa shape index (κ1) is 14.9. The molecule has 0 aliphatic heterocycles. The lowest BCUT2D eigenvalue weighted by Crippen LogP contribution is -2.09. The molecule has 20 heavy (non-hydrogen) atoms. The van der Waals surface area contributed by atoms with Gasteiger partial charge in [-0.05, 0) is 52.0 Å². The Labute approximate surface area is 130 Å². The van der Waals surface area contributed by atoms with Crippen LogP contribution in [0.5, 0.6) is 0 Å². The lowest BCUT2D eigenvalue weighted by molar-refractivity contribution is 0.0602. The Hall–Kier alpha value is -1.53. The second-order valence-electron chi connectivity index (χ2n) is 4.29. The number of ether oxygens (including phenoxy) is 1. The number of aryl methyl sites for hydroxylation is 1. The average Bonchev–Trinajstić information content (AvgIpc) is 2.84. The van der Waals surface area contributed by atoms with E-state index in [1.165, 1.54) is 12.0 Å². The number of esters is 1. The van der Waals surface area contributed by atoms with Crippen molar-refractivity contribution >= 4 is 44.6 Å². The average molecular weight is 355 g/mol. The number of nitrogens with two attached hydrogens (primary N) is 1. The number of anilines is 2. The number of rotatable bonds is 4. The molecule has 6 heteroatoms. The largest absolute Gasteiger partial charge is 0.465 e. The summed E-state index contributed by atoms with van der Waals surface area (Å²) in [6.45, 7) is 2.55. The number of hydrogen-bond acceptors (Lipinski definition) is 5. The van der Waals surface area contributed by atoms with Gasteiger partial charge in [-0.3, -0.25) is 0 Å². The highest BCUT2D eigenvalue weighted by atomic mass is 79.9. The van der Waals surface area contributed by atoms with Crippen molar-refractivity contribution in [3.05, 3.63) is 44.1 Å². The van der Waals surface area contributed by atoms with Gasteiger partial charge < -0.3 is 15.8 Å². The van der Waals surface area contributed by atoms with Gasteiger partial charge in [0.25, 0.3) is 0 Å². The van der Waals surface area contributed by atoms with Crippen LogP contribution in [0.2, 0.25) is 0 Å². The number of halogens is 1. The molecule has 1 aromatic heterocycles. The zero-order valence-corrected chi connectivity index (χ0v) is 13.6. The number of thiophene rings is 1. The molecule has 1 aromatic carbocycles. The monoisotopic (exact) mass is 354 g/mol. The highest BCUT2D eigenvalue weighted by Crippen LogP contribution is 2.26. The van der Waals surface area contributed by atoms with Crippen LogP contribution in [0.15, 0.2) is 28.1 Å². The molecule has 0 aliphatic carbocycles. The van der Waals surface area contributed by atoms with Gasteiger partial charge in [0.1, 0.15) is 0 Å². The molecule has 2 rings (SSSR count). The van der Waals surface area contributed by atoms with Crippen LogP contribution in [0, 0.1) is 6.92 Å². The van der Waals surface area contributed by atoms with Gasteiger partial charge >= 0.3 is 5.97 Å². The van der Waals surface area contributed by atoms with E-state index in [9.17, 15) is 4.79 Å². The van der Waals surface area contributed by atoms with Gasteiger partial charge in [0.05, 0.1) is 19.2 Å². The molecule has 3 N–H and O–H groups in total. The smallest absolute Gasteiger partial charge is 0.340 e. The molecule has 1 heterocycles. The molecule has 0 aliphatic rings. The summed E-state index contributed by atoms with van der Waals surface area (Å²) >= 11 is 5.16. The molecule has 106 valence electrons. The standard InChI is InChI=1S/C14H15BrN2O2S/c1-8-5-9(6-10(13(8)16)14(18)19-2)17-7-12-11(15)3-4-20-12/h3-6,17H,7,16H2,1-2H3. The van der Waals surface area contributed by atoms with Crippen molar-refractivity contribution in [1.29, 1.82) is 0 Å². The molecule has 0 amide bonds. The van der Waals surface area contributed by atoms with Crippen LogP contribution in [0.1, 0.15) is 20.8 Å². The van der Waals surface area contributed by atoms with Gasteiger partial charge in [-0.1, -0.05) is 0 Å². The van der Waals surface area contributed by atoms with Crippen LogP contribution in [0.3, 0.4) is 0 Å². The predicted molar refractivity (Wildman–Crippen MR) is 86.3 cm³/mol. The maximum atomic E-state index is 11.7. The first-order chi connectivity index (χ1) is 9.52. The number of methoxy groups -OCH3 is 1. The summed E-state index contributed by atoms with van der Waals surface area (Å²) in [6.07, 6.45) is 0. The zero-order valence-electron chi connectivity index (χ0n) is 11.2. The van der Waals surface area contributed by atoms with Crippen LogP contribution in [-0.2, 0) is 11.3 Å². The Bertz CT molecular complexity index is 640. The lowest BCUT2D eigenvalue weighted by Gasteiger charge is -2.12. The van der Waals surface area contributed by atoms with Crippen molar-refractivity contribution in [3.8, 4) is 0 Å². The highest BCUT2D eigenvalue weighted by molar-refractivity contribution is 9.10. The minimum atomic E-state index is -0.424. The number of benzene rings is 1. The van der Waals surface area contributed by atoms with Crippen molar-refractivity contribution in [1.82, 2.24) is 0 Å². The molecule has 0 saturated heterocycles. The van der Waals surface area contributed by atoms with Crippen molar-refractivity contribution < 1.29 is 9.53 Å². The van der Waals surface area contributed by atoms with Crippen molar-refractivity contribution in [2.24, 2.45) is 0 Å². The van der Waals surface area contributed by atoms with E-state index in [2.05, 4.69) is 21.2 Å². The normalized spacial score (nSPS) is 10.3. The molecule has 0 radical (unpaired) electrons. The first-order valence-corrected chi connectivity index (χ1v) is 7.64. The third kappa shape index (κ3) is 3.13. The van der Waals surface area contributed by atoms with Crippen LogP contribution >= 0.6 is 27.3 Å². The Balaban J connectivity index is 2.22. The fourth-order valence-corrected chi connectivity index (χ4v) is 3.25. The predicted octanol–water partition coefficient (Wildman–Crippen LogP) is 3.80. The summed E-state index contributed by atoms with van der Waals surface area (Å²) in [4.78, 5) is 12.9. The molecule has 0 unspecified atom stereocenters. The summed E-state index contributed by atoms with van der Waals surface area (Å²) in [6, 6.07) is 5.65. The quantitative estimate of drug-likeness (QED) is 0.647. The summed E-state index contributed by atoms with van der Waals surface area (Å²) in [5.74, 6) is -0.424. The van der Waals surface area contributed by atoms with E-state index < -0.39 is 5.97 Å². The third-order valence-corrected chi connectivity index (χ3v) is 4.86. The number of nitrogen functional groups attached to an aromatic ring is 1. The third-order valence-electron chi connectivity index (χ3n) is 2.94. The summed E-state index contributed by atoms with van der Waals surface area (Å²) in [5.41, 5.74) is 8.45. The van der Waals surface area contributed by atoms with Gasteiger partial charge in [0, 0.05) is 20.7 Å². The minimum Gasteiger partial charge on any atom is -0.465 e. The summed E-state index contributed by atoms with van der Waals surface area (Å²) in [7, 11) is 1.35. The fraction of sp³-hybridized carbons (Fsp3) is 0.214. The van der Waals surface area contributed by atoms with E-state index in [-0.39, 0.29) is 0 Å². The highest BCUT2D eigenvalue weighted by Gasteiger charge is 2.13. The molecular weight excluding hydrogens is 340 g/mol. The maximum Gasteiger partial charge on any atom is 0.340 e. The first-order valence-electron chi connectivity index (χ1n) is 5.97. The topological polar surface area (TPSA) is 64.3 Å². The van der Waals surface area contributed by atoms with E-state index in [1.807, 2.05) is 24.4 Å². The number of hydrogen-bond donors (Lipinski definition) is 2. The maximum absolute atomic E-state index is 11.7. The van der Waals surface area contributed by atoms with Gasteiger partial charge in [-0.25, -0.2) is 4.79 Å². The van der Waals surface area contributed by atoms with Crippen LogP contribution in [-0.4, -0.2) is 13.1 Å². The summed E-state index contributed by atoms with van der Waals surface area (Å²) < 4.78 is 5.82. The number of nitrogens with one attached hydrogen (secondary N) is 1. The van der Waals surface area contributed by atoms with Crippen LogP contribution < -0.4 is 11.1 Å². The Morgan fingerprint density at radius 3 is 2.85 bits per heavy atom. The summed E-state index contributed by atoms with van der Waals surface area (Å²) in [5, 5.41) is 5.32. The Kier molecular flexibility index (Phi) is 4.67. The van der Waals surface area contributed by atoms with E-state index in [0.717, 1.165) is 15.7 Å². The molecule has 0 atom stereocenters. The number of carbonyl (C=O) groups is 1. The zero-order chi connectivity index (χ0) is 14.7. The Morgan fingerprint density at radius 2 is 2.25 bits per heavy atom. The SMILES string of the molecule is COC(=O)c1cc(NCc2sccc2Br)cc(C)c1N. The molecule has 0 saturated carbocycles. The van der Waals surface area contributed by atoms with Gasteiger partial charge in [0.15, 0.2) is 0 Å². The lowest BCUT2D eigenvalue weighted by atomic mass is 10.1. The molecule has 2 aromatic rings. The second kappa shape index (κ2) is 6.28. The molecule has 0 fully saturated rings. The Morgan fingerprint density at radius 1 is 1.50 bits per heavy atom. The van der Waals surface area contributed by atoms with Crippen molar-refractivity contribution in [3.63, 3.8) is 0 Å². The second-order valence-corrected chi connectivity index (χ2v) is 6.15. The van der Waals surface area contributed by atoms with Crippen molar-refractivity contribution in [2.45, 2.75) is 13.5 Å². The molecule has 0 bridgehead atoms. The van der Waals surface area contributed by atoms with Crippen molar-refractivity contribution in [2.75, 3.05) is 18.2 Å². The van der Waals surface area contributed by atoms with Gasteiger partial charge in [0.2, 0.25) is 0 Å². The molecule has 0 spiro atoms.